The van der Waals surface area contributed by atoms with Crippen molar-refractivity contribution in [3.63, 3.8) is 0 Å². The highest BCUT2D eigenvalue weighted by Crippen LogP contribution is 2.31. The fourth-order valence-electron chi connectivity index (χ4n) is 1.69. The molecule has 2 aromatic rings. The highest BCUT2D eigenvalue weighted by atomic mass is 35.5. The Kier molecular flexibility index (Phi) is 2.96. The predicted octanol–water partition coefficient (Wildman–Crippen LogP) is 4.25. The van der Waals surface area contributed by atoms with Gasteiger partial charge in [0, 0.05) is 10.4 Å². The van der Waals surface area contributed by atoms with Crippen LogP contribution in [0.3, 0.4) is 0 Å². The Morgan fingerprint density at radius 1 is 1.19 bits per heavy atom. The second-order valence-electron chi connectivity index (χ2n) is 4.07. The van der Waals surface area contributed by atoms with E-state index in [4.69, 9.17) is 28.9 Å². The van der Waals surface area contributed by atoms with Crippen LogP contribution < -0.4 is 5.73 Å². The van der Waals surface area contributed by atoms with Gasteiger partial charge in [0.2, 0.25) is 0 Å². The molecule has 0 saturated carbocycles. The molecular weight excluding hydrogens is 243 g/mol. The highest BCUT2D eigenvalue weighted by Gasteiger charge is 2.10. The molecule has 0 unspecified atom stereocenters. The average Bonchev–Trinajstić information content (AvgIpc) is 2.15. The minimum Gasteiger partial charge on any atom is -0.383 e. The molecule has 16 heavy (non-hydrogen) atoms. The van der Waals surface area contributed by atoms with Crippen molar-refractivity contribution in [3.8, 4) is 0 Å². The van der Waals surface area contributed by atoms with Crippen LogP contribution in [-0.2, 0) is 0 Å². The maximum absolute atomic E-state index is 6.13. The number of pyridine rings is 1. The third-order valence-corrected chi connectivity index (χ3v) is 3.06. The molecule has 0 spiro atoms. The van der Waals surface area contributed by atoms with E-state index in [-0.39, 0.29) is 0 Å². The first kappa shape index (κ1) is 11.5. The molecule has 0 bridgehead atoms. The first-order valence-corrected chi connectivity index (χ1v) is 5.80. The summed E-state index contributed by atoms with van der Waals surface area (Å²) in [5.41, 5.74) is 7.64. The quantitative estimate of drug-likeness (QED) is 0.827. The van der Waals surface area contributed by atoms with Crippen molar-refractivity contribution in [2.24, 2.45) is 0 Å². The number of nitrogens with two attached hydrogens (primary N) is 1. The summed E-state index contributed by atoms with van der Waals surface area (Å²) >= 11 is 12.0. The minimum atomic E-state index is 0.323. The Balaban J connectivity index is 2.79. The van der Waals surface area contributed by atoms with Gasteiger partial charge >= 0.3 is 0 Å². The van der Waals surface area contributed by atoms with Gasteiger partial charge in [0.1, 0.15) is 5.82 Å². The first-order chi connectivity index (χ1) is 7.49. The van der Waals surface area contributed by atoms with Gasteiger partial charge in [-0.3, -0.25) is 0 Å². The number of nitrogen functional groups attached to an aromatic ring is 1. The Labute approximate surface area is 104 Å². The molecule has 0 atom stereocenters. The standard InChI is InChI=1S/C12H12Cl2N2/c1-6(2)8-5-9-10(14)3-7(13)4-11(9)16-12(8)15/h3-6H,1-2H3,(H2,15,16). The van der Waals surface area contributed by atoms with Gasteiger partial charge in [0.25, 0.3) is 0 Å². The molecule has 0 aliphatic carbocycles. The lowest BCUT2D eigenvalue weighted by Gasteiger charge is -2.11. The monoisotopic (exact) mass is 254 g/mol. The third-order valence-electron chi connectivity index (χ3n) is 2.53. The minimum absolute atomic E-state index is 0.323. The summed E-state index contributed by atoms with van der Waals surface area (Å²) in [5, 5.41) is 2.07. The van der Waals surface area contributed by atoms with Crippen LogP contribution in [0.2, 0.25) is 10.0 Å². The topological polar surface area (TPSA) is 38.9 Å². The maximum Gasteiger partial charge on any atom is 0.127 e. The van der Waals surface area contributed by atoms with Gasteiger partial charge in [0.05, 0.1) is 10.5 Å². The van der Waals surface area contributed by atoms with Gasteiger partial charge < -0.3 is 5.73 Å². The molecule has 2 rings (SSSR count). The molecule has 0 aliphatic rings. The number of hydrogen-bond donors (Lipinski definition) is 1. The van der Waals surface area contributed by atoms with Crippen LogP contribution in [-0.4, -0.2) is 4.98 Å². The summed E-state index contributed by atoms with van der Waals surface area (Å²) in [6, 6.07) is 5.47. The summed E-state index contributed by atoms with van der Waals surface area (Å²) in [6.45, 7) is 4.14. The van der Waals surface area contributed by atoms with Crippen LogP contribution in [0.1, 0.15) is 25.3 Å². The largest absolute Gasteiger partial charge is 0.383 e. The molecular formula is C12H12Cl2N2. The van der Waals surface area contributed by atoms with E-state index in [2.05, 4.69) is 18.8 Å². The van der Waals surface area contributed by atoms with E-state index in [0.717, 1.165) is 16.5 Å². The number of hydrogen-bond acceptors (Lipinski definition) is 2. The van der Waals surface area contributed by atoms with Crippen LogP contribution >= 0.6 is 23.2 Å². The van der Waals surface area contributed by atoms with E-state index >= 15 is 0 Å². The van der Waals surface area contributed by atoms with Gasteiger partial charge in [-0.15, -0.1) is 0 Å². The summed E-state index contributed by atoms with van der Waals surface area (Å²) in [5.74, 6) is 0.865. The Morgan fingerprint density at radius 3 is 2.50 bits per heavy atom. The van der Waals surface area contributed by atoms with E-state index < -0.39 is 0 Å². The number of fused-ring (bicyclic) bond motifs is 1. The van der Waals surface area contributed by atoms with Gasteiger partial charge in [0.15, 0.2) is 0 Å². The zero-order valence-electron chi connectivity index (χ0n) is 9.09. The van der Waals surface area contributed by atoms with Gasteiger partial charge in [-0.25, -0.2) is 4.98 Å². The molecule has 1 aromatic heterocycles. The highest BCUT2D eigenvalue weighted by molar-refractivity contribution is 6.38. The molecule has 4 heteroatoms. The summed E-state index contributed by atoms with van der Waals surface area (Å²) < 4.78 is 0. The van der Waals surface area contributed by atoms with Crippen LogP contribution in [0.25, 0.3) is 10.9 Å². The lowest BCUT2D eigenvalue weighted by molar-refractivity contribution is 0.866. The zero-order valence-corrected chi connectivity index (χ0v) is 10.6. The second kappa shape index (κ2) is 4.11. The Bertz CT molecular complexity index is 550. The lowest BCUT2D eigenvalue weighted by Crippen LogP contribution is -2.00. The van der Waals surface area contributed by atoms with Crippen molar-refractivity contribution in [3.05, 3.63) is 33.8 Å². The SMILES string of the molecule is CC(C)c1cc2c(Cl)cc(Cl)cc2nc1N. The Hall–Kier alpha value is -0.990. The van der Waals surface area contributed by atoms with Crippen LogP contribution in [0, 0.1) is 0 Å². The van der Waals surface area contributed by atoms with E-state index in [9.17, 15) is 0 Å². The summed E-state index contributed by atoms with van der Waals surface area (Å²) in [7, 11) is 0. The molecule has 1 aromatic carbocycles. The van der Waals surface area contributed by atoms with E-state index in [1.165, 1.54) is 0 Å². The molecule has 0 radical (unpaired) electrons. The number of anilines is 1. The van der Waals surface area contributed by atoms with Gasteiger partial charge in [-0.1, -0.05) is 37.0 Å². The Morgan fingerprint density at radius 2 is 1.88 bits per heavy atom. The number of aromatic nitrogens is 1. The smallest absolute Gasteiger partial charge is 0.127 e. The molecule has 0 amide bonds. The van der Waals surface area contributed by atoms with Crippen molar-refractivity contribution in [1.29, 1.82) is 0 Å². The van der Waals surface area contributed by atoms with Crippen molar-refractivity contribution in [1.82, 2.24) is 4.98 Å². The van der Waals surface area contributed by atoms with Crippen molar-refractivity contribution in [2.75, 3.05) is 5.73 Å². The van der Waals surface area contributed by atoms with Crippen LogP contribution in [0.15, 0.2) is 18.2 Å². The van der Waals surface area contributed by atoms with Gasteiger partial charge in [-0.05, 0) is 29.7 Å². The van der Waals surface area contributed by atoms with Gasteiger partial charge in [-0.2, -0.15) is 0 Å². The van der Waals surface area contributed by atoms with Crippen molar-refractivity contribution < 1.29 is 0 Å². The van der Waals surface area contributed by atoms with E-state index in [1.807, 2.05) is 6.07 Å². The second-order valence-corrected chi connectivity index (χ2v) is 4.92. The van der Waals surface area contributed by atoms with Crippen LogP contribution in [0.5, 0.6) is 0 Å². The van der Waals surface area contributed by atoms with Crippen LogP contribution in [0.4, 0.5) is 5.82 Å². The van der Waals surface area contributed by atoms with E-state index in [0.29, 0.717) is 21.8 Å². The molecule has 0 saturated heterocycles. The van der Waals surface area contributed by atoms with E-state index in [1.54, 1.807) is 12.1 Å². The molecule has 0 aliphatic heterocycles. The normalized spacial score (nSPS) is 11.3. The fraction of sp³-hybridized carbons (Fsp3) is 0.250. The number of rotatable bonds is 1. The molecule has 1 heterocycles. The molecule has 2 nitrogen and oxygen atoms in total. The number of nitrogens with zero attached hydrogens (tertiary/aromatic N) is 1. The third kappa shape index (κ3) is 1.95. The number of halogens is 2. The van der Waals surface area contributed by atoms with Crippen molar-refractivity contribution in [2.45, 2.75) is 19.8 Å². The number of benzene rings is 1. The molecule has 2 N–H and O–H groups in total. The predicted molar refractivity (Wildman–Crippen MR) is 70.3 cm³/mol. The summed E-state index contributed by atoms with van der Waals surface area (Å²) in [6.07, 6.45) is 0. The lowest BCUT2D eigenvalue weighted by atomic mass is 10.0. The first-order valence-electron chi connectivity index (χ1n) is 5.04. The molecule has 84 valence electrons. The summed E-state index contributed by atoms with van der Waals surface area (Å²) in [4.78, 5) is 4.33. The molecule has 0 fully saturated rings. The average molecular weight is 255 g/mol. The fourth-order valence-corrected chi connectivity index (χ4v) is 2.23. The zero-order chi connectivity index (χ0) is 11.9. The maximum atomic E-state index is 6.13. The van der Waals surface area contributed by atoms with Crippen molar-refractivity contribution >= 4 is 39.9 Å².